The first-order valence-electron chi connectivity index (χ1n) is 12.0. The third-order valence-electron chi connectivity index (χ3n) is 7.20. The summed E-state index contributed by atoms with van der Waals surface area (Å²) in [5.41, 5.74) is 1.44. The lowest BCUT2D eigenvalue weighted by molar-refractivity contribution is 0.307. The largest absolute Gasteiger partial charge is 0.198 e. The minimum absolute atomic E-state index is 0.0158. The van der Waals surface area contributed by atoms with Crippen LogP contribution in [0.25, 0.3) is 21.5 Å². The average Bonchev–Trinajstić information content (AvgIpc) is 2.86. The van der Waals surface area contributed by atoms with Crippen molar-refractivity contribution in [2.75, 3.05) is 0 Å². The second-order valence-electron chi connectivity index (χ2n) is 10.7. The lowest BCUT2D eigenvalue weighted by Gasteiger charge is -2.35. The molecular weight excluding hydrogens is 412 g/mol. The number of nitrogens with zero attached hydrogens (tertiary/aromatic N) is 2. The molecule has 0 saturated heterocycles. The van der Waals surface area contributed by atoms with Gasteiger partial charge in [0.15, 0.2) is 0 Å². The van der Waals surface area contributed by atoms with Crippen molar-refractivity contribution in [2.45, 2.75) is 52.4 Å². The van der Waals surface area contributed by atoms with Crippen LogP contribution in [0.4, 0.5) is 0 Å². The van der Waals surface area contributed by atoms with Gasteiger partial charge in [-0.2, -0.15) is 10.5 Å². The summed E-state index contributed by atoms with van der Waals surface area (Å²) in [5.74, 6) is 0.152. The second-order valence-corrected chi connectivity index (χ2v) is 10.7. The molecule has 0 bridgehead atoms. The predicted molar refractivity (Wildman–Crippen MR) is 141 cm³/mol. The third kappa shape index (κ3) is 4.69. The lowest BCUT2D eigenvalue weighted by Crippen LogP contribution is -2.25. The molecule has 0 heterocycles. The Bertz CT molecular complexity index is 1390. The molecule has 0 unspecified atom stereocenters. The van der Waals surface area contributed by atoms with Gasteiger partial charge in [0, 0.05) is 5.92 Å². The van der Waals surface area contributed by atoms with Gasteiger partial charge in [-0.05, 0) is 79.1 Å². The molecule has 2 nitrogen and oxygen atoms in total. The summed E-state index contributed by atoms with van der Waals surface area (Å²) in [5, 5.41) is 25.0. The molecule has 0 spiro atoms. The molecule has 4 aromatic carbocycles. The molecule has 34 heavy (non-hydrogen) atoms. The molecule has 4 rings (SSSR count). The van der Waals surface area contributed by atoms with Crippen LogP contribution in [0.3, 0.4) is 0 Å². The van der Waals surface area contributed by atoms with Crippen molar-refractivity contribution in [1.82, 2.24) is 0 Å². The first kappa shape index (κ1) is 23.5. The summed E-state index contributed by atoms with van der Waals surface area (Å²) < 4.78 is 0. The molecule has 0 aliphatic carbocycles. The topological polar surface area (TPSA) is 47.6 Å². The van der Waals surface area contributed by atoms with Crippen molar-refractivity contribution in [2.24, 2.45) is 10.8 Å². The highest BCUT2D eigenvalue weighted by atomic mass is 14.4. The quantitative estimate of drug-likeness (QED) is 0.286. The fourth-order valence-corrected chi connectivity index (χ4v) is 5.32. The number of benzene rings is 4. The number of nitriles is 2. The molecule has 0 radical (unpaired) electrons. The Kier molecular flexibility index (Phi) is 6.45. The maximum Gasteiger partial charge on any atom is 0.0690 e. The second kappa shape index (κ2) is 9.32. The molecule has 2 heteroatoms. The standard InChI is InChI=1S/C32H32N2/c1-31(2,21-33)20-25(28-17-9-13-23-11-5-7-15-26(23)28)19-30(32(3,4)22-34)29-18-10-14-24-12-6-8-16-27(24)29/h5-18,25,30H,19-20H2,1-4H3/t25-,30+/m0/s1. The fourth-order valence-electron chi connectivity index (χ4n) is 5.32. The summed E-state index contributed by atoms with van der Waals surface area (Å²) in [6, 6.07) is 34.9. The van der Waals surface area contributed by atoms with Crippen LogP contribution < -0.4 is 0 Å². The van der Waals surface area contributed by atoms with E-state index in [2.05, 4.69) is 111 Å². The predicted octanol–water partition coefficient (Wildman–Crippen LogP) is 8.74. The van der Waals surface area contributed by atoms with Crippen LogP contribution in [0, 0.1) is 33.5 Å². The normalized spacial score (nSPS) is 13.8. The van der Waals surface area contributed by atoms with Gasteiger partial charge in [0.05, 0.1) is 23.0 Å². The summed E-state index contributed by atoms with van der Waals surface area (Å²) in [6.07, 6.45) is 1.54. The molecule has 4 aromatic rings. The van der Waals surface area contributed by atoms with Gasteiger partial charge in [-0.15, -0.1) is 0 Å². The van der Waals surface area contributed by atoms with Crippen LogP contribution in [0.2, 0.25) is 0 Å². The van der Waals surface area contributed by atoms with Crippen LogP contribution in [0.15, 0.2) is 84.9 Å². The number of hydrogen-bond donors (Lipinski definition) is 0. The molecule has 0 aliphatic heterocycles. The third-order valence-corrected chi connectivity index (χ3v) is 7.20. The molecule has 0 saturated carbocycles. The Balaban J connectivity index is 1.89. The minimum atomic E-state index is -0.566. The van der Waals surface area contributed by atoms with E-state index in [-0.39, 0.29) is 11.8 Å². The summed E-state index contributed by atoms with van der Waals surface area (Å²) in [6.45, 7) is 8.14. The van der Waals surface area contributed by atoms with Crippen LogP contribution in [-0.2, 0) is 0 Å². The zero-order valence-electron chi connectivity index (χ0n) is 20.5. The van der Waals surface area contributed by atoms with E-state index in [9.17, 15) is 10.5 Å². The fraction of sp³-hybridized carbons (Fsp3) is 0.312. The van der Waals surface area contributed by atoms with E-state index in [1.807, 2.05) is 13.8 Å². The van der Waals surface area contributed by atoms with Gasteiger partial charge in [-0.1, -0.05) is 84.9 Å². The summed E-state index contributed by atoms with van der Waals surface area (Å²) in [7, 11) is 0. The van der Waals surface area contributed by atoms with E-state index in [1.165, 1.54) is 32.7 Å². The minimum Gasteiger partial charge on any atom is -0.198 e. The lowest BCUT2D eigenvalue weighted by atomic mass is 9.67. The van der Waals surface area contributed by atoms with E-state index < -0.39 is 10.8 Å². The van der Waals surface area contributed by atoms with Crippen LogP contribution in [0.1, 0.15) is 63.5 Å². The Hall–Kier alpha value is -3.62. The Morgan fingerprint density at radius 2 is 1.15 bits per heavy atom. The molecule has 0 aromatic heterocycles. The molecule has 0 amide bonds. The van der Waals surface area contributed by atoms with Gasteiger partial charge in [-0.3, -0.25) is 0 Å². The molecule has 170 valence electrons. The van der Waals surface area contributed by atoms with Crippen molar-refractivity contribution in [3.05, 3.63) is 96.1 Å². The molecule has 0 aliphatic rings. The monoisotopic (exact) mass is 444 g/mol. The van der Waals surface area contributed by atoms with Crippen molar-refractivity contribution < 1.29 is 0 Å². The smallest absolute Gasteiger partial charge is 0.0690 e. The zero-order valence-corrected chi connectivity index (χ0v) is 20.5. The highest BCUT2D eigenvalue weighted by molar-refractivity contribution is 5.87. The van der Waals surface area contributed by atoms with Crippen molar-refractivity contribution >= 4 is 21.5 Å². The molecule has 2 atom stereocenters. The zero-order chi connectivity index (χ0) is 24.3. The maximum atomic E-state index is 10.2. The SMILES string of the molecule is CC(C)(C#N)C[C@H](C[C@H](c1cccc2ccccc12)C(C)(C)C#N)c1cccc2ccccc12. The summed E-state index contributed by atoms with van der Waals surface area (Å²) >= 11 is 0. The maximum absolute atomic E-state index is 10.2. The van der Waals surface area contributed by atoms with Crippen LogP contribution in [-0.4, -0.2) is 0 Å². The van der Waals surface area contributed by atoms with Gasteiger partial charge in [0.1, 0.15) is 0 Å². The molecule has 0 fully saturated rings. The van der Waals surface area contributed by atoms with E-state index in [1.54, 1.807) is 0 Å². The van der Waals surface area contributed by atoms with Crippen molar-refractivity contribution in [1.29, 1.82) is 10.5 Å². The number of hydrogen-bond acceptors (Lipinski definition) is 2. The average molecular weight is 445 g/mol. The highest BCUT2D eigenvalue weighted by Crippen LogP contribution is 2.47. The van der Waals surface area contributed by atoms with Crippen LogP contribution in [0.5, 0.6) is 0 Å². The molecule has 0 N–H and O–H groups in total. The Morgan fingerprint density at radius 1 is 0.647 bits per heavy atom. The van der Waals surface area contributed by atoms with E-state index in [4.69, 9.17) is 0 Å². The number of fused-ring (bicyclic) bond motifs is 2. The van der Waals surface area contributed by atoms with Crippen LogP contribution >= 0.6 is 0 Å². The van der Waals surface area contributed by atoms with E-state index in [0.29, 0.717) is 0 Å². The van der Waals surface area contributed by atoms with Crippen molar-refractivity contribution in [3.8, 4) is 12.1 Å². The number of rotatable bonds is 7. The van der Waals surface area contributed by atoms with E-state index in [0.717, 1.165) is 12.8 Å². The van der Waals surface area contributed by atoms with Gasteiger partial charge < -0.3 is 0 Å². The first-order valence-corrected chi connectivity index (χ1v) is 12.0. The first-order chi connectivity index (χ1) is 16.3. The van der Waals surface area contributed by atoms with Gasteiger partial charge in [-0.25, -0.2) is 0 Å². The van der Waals surface area contributed by atoms with Crippen molar-refractivity contribution in [3.63, 3.8) is 0 Å². The summed E-state index contributed by atoms with van der Waals surface area (Å²) in [4.78, 5) is 0. The molecular formula is C32H32N2. The Labute approximate surface area is 203 Å². The highest BCUT2D eigenvalue weighted by Gasteiger charge is 2.36. The van der Waals surface area contributed by atoms with Gasteiger partial charge in [0.25, 0.3) is 0 Å². The van der Waals surface area contributed by atoms with E-state index >= 15 is 0 Å². The Morgan fingerprint density at radius 3 is 1.71 bits per heavy atom. The van der Waals surface area contributed by atoms with Gasteiger partial charge >= 0.3 is 0 Å². The van der Waals surface area contributed by atoms with Gasteiger partial charge in [0.2, 0.25) is 0 Å².